The van der Waals surface area contributed by atoms with Crippen LogP contribution in [0.3, 0.4) is 0 Å². The van der Waals surface area contributed by atoms with Gasteiger partial charge in [0, 0.05) is 26.6 Å². The second-order valence-corrected chi connectivity index (χ2v) is 17.3. The molecule has 0 aromatic rings. The molecule has 59 heavy (non-hydrogen) atoms. The maximum atomic E-state index is 14.3. The summed E-state index contributed by atoms with van der Waals surface area (Å²) in [4.78, 5) is 127. The number of nitrogens with zero attached hydrogens (tertiary/aromatic N) is 3. The van der Waals surface area contributed by atoms with Crippen molar-refractivity contribution in [2.45, 2.75) is 141 Å². The lowest BCUT2D eigenvalue weighted by Gasteiger charge is -2.34. The molecule has 0 aromatic carbocycles. The van der Waals surface area contributed by atoms with Crippen molar-refractivity contribution in [3.63, 3.8) is 0 Å². The lowest BCUT2D eigenvalue weighted by Crippen LogP contribution is -2.62. The van der Waals surface area contributed by atoms with E-state index in [4.69, 9.17) is 5.73 Å². The zero-order valence-electron chi connectivity index (χ0n) is 35.4. The van der Waals surface area contributed by atoms with Crippen LogP contribution in [0.15, 0.2) is 0 Å². The van der Waals surface area contributed by atoms with Crippen LogP contribution in [0.1, 0.15) is 92.4 Å². The van der Waals surface area contributed by atoms with Crippen LogP contribution in [0.2, 0.25) is 0 Å². The van der Waals surface area contributed by atoms with Gasteiger partial charge in [-0.15, -0.1) is 0 Å². The van der Waals surface area contributed by atoms with E-state index in [0.29, 0.717) is 25.0 Å². The zero-order chi connectivity index (χ0) is 44.1. The highest BCUT2D eigenvalue weighted by atomic mass is 32.2. The number of aliphatic hydroxyl groups excluding tert-OH is 1. The number of hydrogen-bond acceptors (Lipinski definition) is 11. The van der Waals surface area contributed by atoms with Crippen molar-refractivity contribution in [2.75, 3.05) is 38.7 Å². The fourth-order valence-corrected chi connectivity index (χ4v) is 8.10. The number of primary amides is 1. The van der Waals surface area contributed by atoms with Gasteiger partial charge < -0.3 is 52.1 Å². The molecule has 3 heterocycles. The molecule has 0 bridgehead atoms. The first kappa shape index (κ1) is 48.9. The normalized spacial score (nSPS) is 28.5. The number of amides is 9. The fourth-order valence-electron chi connectivity index (χ4n) is 7.63. The molecular formula is C39H65N9O10S. The van der Waals surface area contributed by atoms with E-state index in [-0.39, 0.29) is 57.5 Å². The summed E-state index contributed by atoms with van der Waals surface area (Å²) in [5.41, 5.74) is 5.45. The summed E-state index contributed by atoms with van der Waals surface area (Å²) >= 11 is 1.42. The van der Waals surface area contributed by atoms with Crippen LogP contribution in [0.25, 0.3) is 0 Å². The Labute approximate surface area is 350 Å². The lowest BCUT2D eigenvalue weighted by molar-refractivity contribution is -0.148. The highest BCUT2D eigenvalue weighted by Crippen LogP contribution is 2.27. The van der Waals surface area contributed by atoms with Crippen LogP contribution in [0.5, 0.6) is 0 Å². The summed E-state index contributed by atoms with van der Waals surface area (Å²) in [7, 11) is 1.30. The smallest absolute Gasteiger partial charge is 0.248 e. The van der Waals surface area contributed by atoms with Gasteiger partial charge in [0.15, 0.2) is 0 Å². The SMILES string of the molecule is CCC(C)C1NC(=O)C2CCCN2C(=O)C2CCCN2C(=O)C(CCC(N)=O)NC(=O)C(CCSC)NC(=O)C(CC(C)C)NC(=O)CN(C)C(=O)C(C(C)O)NC1=O. The number of nitrogens with one attached hydrogen (secondary N) is 5. The van der Waals surface area contributed by atoms with Crippen LogP contribution in [0, 0.1) is 11.8 Å². The Kier molecular flexibility index (Phi) is 18.9. The molecule has 0 saturated carbocycles. The topological polar surface area (TPSA) is 270 Å². The predicted octanol–water partition coefficient (Wildman–Crippen LogP) is -1.64. The van der Waals surface area contributed by atoms with Gasteiger partial charge in [0.2, 0.25) is 53.2 Å². The second-order valence-electron chi connectivity index (χ2n) is 16.3. The number of carbonyl (C=O) groups is 9. The van der Waals surface area contributed by atoms with E-state index in [1.807, 2.05) is 27.0 Å². The van der Waals surface area contributed by atoms with Crippen LogP contribution < -0.4 is 32.3 Å². The van der Waals surface area contributed by atoms with E-state index >= 15 is 0 Å². The predicted molar refractivity (Wildman–Crippen MR) is 219 cm³/mol. The fraction of sp³-hybridized carbons (Fsp3) is 0.769. The summed E-state index contributed by atoms with van der Waals surface area (Å²) in [5.74, 6) is -6.22. The van der Waals surface area contributed by atoms with Gasteiger partial charge in [0.05, 0.1) is 12.6 Å². The Morgan fingerprint density at radius 1 is 0.746 bits per heavy atom. The minimum atomic E-state index is -1.51. The third kappa shape index (κ3) is 13.5. The first-order valence-electron chi connectivity index (χ1n) is 20.6. The number of fused-ring (bicyclic) bond motifs is 2. The molecule has 8 N–H and O–H groups in total. The van der Waals surface area contributed by atoms with Crippen LogP contribution >= 0.6 is 11.8 Å². The van der Waals surface area contributed by atoms with E-state index in [1.54, 1.807) is 6.92 Å². The molecule has 3 saturated heterocycles. The van der Waals surface area contributed by atoms with Gasteiger partial charge in [0.1, 0.15) is 42.3 Å². The number of carbonyl (C=O) groups excluding carboxylic acids is 9. The van der Waals surface area contributed by atoms with Crippen LogP contribution in [0.4, 0.5) is 0 Å². The average Bonchev–Trinajstić information content (AvgIpc) is 3.88. The minimum Gasteiger partial charge on any atom is -0.391 e. The van der Waals surface area contributed by atoms with Crippen molar-refractivity contribution >= 4 is 64.9 Å². The van der Waals surface area contributed by atoms with Crippen molar-refractivity contribution in [1.29, 1.82) is 0 Å². The molecule has 3 rings (SSSR count). The van der Waals surface area contributed by atoms with Gasteiger partial charge in [-0.25, -0.2) is 0 Å². The second kappa shape index (κ2) is 22.8. The molecule has 0 aromatic heterocycles. The largest absolute Gasteiger partial charge is 0.391 e. The highest BCUT2D eigenvalue weighted by Gasteiger charge is 2.45. The van der Waals surface area contributed by atoms with E-state index in [1.165, 1.54) is 35.5 Å². The Balaban J connectivity index is 2.10. The number of rotatable bonds is 11. The summed E-state index contributed by atoms with van der Waals surface area (Å²) in [6, 6.07) is -8.25. The molecule has 3 aliphatic rings. The number of aliphatic hydroxyl groups is 1. The Morgan fingerprint density at radius 2 is 1.32 bits per heavy atom. The molecule has 20 heteroatoms. The zero-order valence-corrected chi connectivity index (χ0v) is 36.2. The minimum absolute atomic E-state index is 0.104. The monoisotopic (exact) mass is 851 g/mol. The first-order chi connectivity index (χ1) is 27.8. The molecule has 9 atom stereocenters. The number of hydrogen-bond donors (Lipinski definition) is 7. The van der Waals surface area contributed by atoms with Gasteiger partial charge in [-0.05, 0) is 75.7 Å². The van der Waals surface area contributed by atoms with Crippen molar-refractivity contribution in [3.05, 3.63) is 0 Å². The summed E-state index contributed by atoms with van der Waals surface area (Å²) in [5, 5.41) is 24.1. The van der Waals surface area contributed by atoms with Crippen molar-refractivity contribution < 1.29 is 48.3 Å². The standard InChI is InChI=1S/C39H65N9O10S/c1-8-22(4)31-36(55)45-32(23(5)49)39(58)46(6)20-30(51)41-26(19-21(2)3)34(53)42-24(15-18-59-7)33(52)43-25(13-14-29(40)50)37(56)48-17-10-12-28(48)38(57)47-16-9-11-27(47)35(54)44-31/h21-28,31-32,49H,8-20H2,1-7H3,(H2,40,50)(H,41,51)(H,42,53)(H,43,52)(H,44,54)(H,45,55). The molecule has 3 fully saturated rings. The van der Waals surface area contributed by atoms with E-state index in [0.717, 1.165) is 4.90 Å². The first-order valence-corrected chi connectivity index (χ1v) is 22.0. The van der Waals surface area contributed by atoms with Crippen molar-refractivity contribution in [3.8, 4) is 0 Å². The van der Waals surface area contributed by atoms with Gasteiger partial charge in [-0.2, -0.15) is 11.8 Å². The maximum absolute atomic E-state index is 14.3. The number of thioether (sulfide) groups is 1. The van der Waals surface area contributed by atoms with Gasteiger partial charge in [0.25, 0.3) is 0 Å². The van der Waals surface area contributed by atoms with Crippen molar-refractivity contribution in [2.24, 2.45) is 17.6 Å². The number of nitrogens with two attached hydrogens (primary N) is 1. The third-order valence-electron chi connectivity index (χ3n) is 11.2. The Hall–Kier alpha value is -4.46. The molecule has 332 valence electrons. The van der Waals surface area contributed by atoms with E-state index in [9.17, 15) is 48.3 Å². The molecule has 0 aliphatic carbocycles. The molecule has 0 spiro atoms. The molecule has 9 amide bonds. The molecule has 0 radical (unpaired) electrons. The summed E-state index contributed by atoms with van der Waals surface area (Å²) in [6.07, 6.45) is 2.19. The average molecular weight is 852 g/mol. The number of likely N-dealkylation sites (N-methyl/N-ethyl adjacent to an activating group) is 1. The van der Waals surface area contributed by atoms with Crippen LogP contribution in [-0.2, 0) is 43.2 Å². The molecule has 9 unspecified atom stereocenters. The van der Waals surface area contributed by atoms with Crippen LogP contribution in [-0.4, -0.2) is 160 Å². The van der Waals surface area contributed by atoms with Gasteiger partial charge >= 0.3 is 0 Å². The van der Waals surface area contributed by atoms with E-state index in [2.05, 4.69) is 26.6 Å². The maximum Gasteiger partial charge on any atom is 0.248 e. The summed E-state index contributed by atoms with van der Waals surface area (Å²) in [6.45, 7) is 8.33. The Morgan fingerprint density at radius 3 is 1.90 bits per heavy atom. The summed E-state index contributed by atoms with van der Waals surface area (Å²) < 4.78 is 0. The van der Waals surface area contributed by atoms with Crippen molar-refractivity contribution in [1.82, 2.24) is 41.3 Å². The lowest BCUT2D eigenvalue weighted by atomic mass is 9.97. The van der Waals surface area contributed by atoms with Gasteiger partial charge in [-0.1, -0.05) is 34.1 Å². The molecule has 19 nitrogen and oxygen atoms in total. The van der Waals surface area contributed by atoms with E-state index < -0.39 is 114 Å². The van der Waals surface area contributed by atoms with Gasteiger partial charge in [-0.3, -0.25) is 43.2 Å². The molecule has 3 aliphatic heterocycles. The third-order valence-corrected chi connectivity index (χ3v) is 11.8. The molecular weight excluding hydrogens is 787 g/mol. The highest BCUT2D eigenvalue weighted by molar-refractivity contribution is 7.98. The quantitative estimate of drug-likeness (QED) is 0.124. The Bertz CT molecular complexity index is 1560.